The summed E-state index contributed by atoms with van der Waals surface area (Å²) in [5, 5.41) is 21.2. The Hall–Kier alpha value is -1.66. The number of benzene rings is 2. The third kappa shape index (κ3) is 6.51. The van der Waals surface area contributed by atoms with Gasteiger partial charge in [-0.05, 0) is 90.9 Å². The van der Waals surface area contributed by atoms with Crippen molar-refractivity contribution in [1.82, 2.24) is 0 Å². The molecular weight excluding hydrogens is 556 g/mol. The second kappa shape index (κ2) is 10.5. The van der Waals surface area contributed by atoms with Crippen molar-refractivity contribution in [1.29, 1.82) is 0 Å². The van der Waals surface area contributed by atoms with Gasteiger partial charge in [0.15, 0.2) is 0 Å². The fourth-order valence-electron chi connectivity index (χ4n) is 4.10. The van der Waals surface area contributed by atoms with Crippen molar-refractivity contribution in [2.45, 2.75) is 90.1 Å². The molecule has 2 aromatic rings. The first-order valence-electron chi connectivity index (χ1n) is 11.9. The summed E-state index contributed by atoms with van der Waals surface area (Å²) in [5.41, 5.74) is 3.63. The first-order chi connectivity index (χ1) is 15.8. The van der Waals surface area contributed by atoms with Gasteiger partial charge in [-0.1, -0.05) is 54.4 Å². The lowest BCUT2D eigenvalue weighted by molar-refractivity contribution is 0.390. The second-order valence-electron chi connectivity index (χ2n) is 11.3. The number of hydrogen-bond acceptors (Lipinski definition) is 4. The average molecular weight is 592 g/mol. The summed E-state index contributed by atoms with van der Waals surface area (Å²) in [5.74, 6) is 0.419. The predicted octanol–water partition coefficient (Wildman–Crippen LogP) is 8.07. The predicted molar refractivity (Wildman–Crippen MR) is 150 cm³/mol. The Morgan fingerprint density at radius 2 is 1.06 bits per heavy atom. The maximum atomic E-state index is 10.6. The van der Waals surface area contributed by atoms with E-state index in [1.165, 1.54) is 0 Å². The molecule has 184 valence electrons. The molecule has 4 nitrogen and oxygen atoms in total. The van der Waals surface area contributed by atoms with Crippen molar-refractivity contribution in [2.75, 3.05) is 0 Å². The van der Waals surface area contributed by atoms with E-state index in [-0.39, 0.29) is 34.4 Å². The van der Waals surface area contributed by atoms with E-state index < -0.39 is 0 Å². The number of phenols is 2. The van der Waals surface area contributed by atoms with E-state index in [1.807, 2.05) is 24.3 Å². The Morgan fingerprint density at radius 3 is 1.38 bits per heavy atom. The Labute approximate surface area is 220 Å². The minimum absolute atomic E-state index is 0.0334. The van der Waals surface area contributed by atoms with Crippen LogP contribution in [0.5, 0.6) is 11.5 Å². The molecule has 0 heterocycles. The Morgan fingerprint density at radius 1 is 0.706 bits per heavy atom. The topological polar surface area (TPSA) is 65.2 Å². The lowest BCUT2D eigenvalue weighted by atomic mass is 9.86. The highest BCUT2D eigenvalue weighted by atomic mass is 79.9. The summed E-state index contributed by atoms with van der Waals surface area (Å²) in [4.78, 5) is 9.76. The monoisotopic (exact) mass is 590 g/mol. The Bertz CT molecular complexity index is 1010. The van der Waals surface area contributed by atoms with Gasteiger partial charge in [-0.15, -0.1) is 0 Å². The molecule has 1 aliphatic rings. The van der Waals surface area contributed by atoms with Gasteiger partial charge in [0.05, 0.1) is 21.0 Å². The molecule has 0 aliphatic heterocycles. The van der Waals surface area contributed by atoms with Gasteiger partial charge in [0.25, 0.3) is 0 Å². The molecule has 0 amide bonds. The van der Waals surface area contributed by atoms with Crippen LogP contribution in [-0.2, 0) is 10.8 Å². The van der Waals surface area contributed by atoms with E-state index in [0.717, 1.165) is 36.8 Å². The van der Waals surface area contributed by atoms with Crippen LogP contribution >= 0.6 is 31.9 Å². The zero-order valence-corrected chi connectivity index (χ0v) is 24.2. The van der Waals surface area contributed by atoms with E-state index in [4.69, 9.17) is 9.98 Å². The molecule has 3 rings (SSSR count). The summed E-state index contributed by atoms with van der Waals surface area (Å²) in [6.07, 6.45) is 7.72. The van der Waals surface area contributed by atoms with Gasteiger partial charge in [0.2, 0.25) is 0 Å². The van der Waals surface area contributed by atoms with E-state index >= 15 is 0 Å². The molecular formula is C28H36Br2N2O2. The number of aliphatic imine (C=N–C) groups is 2. The molecule has 34 heavy (non-hydrogen) atoms. The SMILES string of the molecule is CC(C)(C)c1cc(Br)c(O)c(C=NC2CCCCC2N=Cc2cc(C(C)(C)C)cc(Br)c2O)c1. The summed E-state index contributed by atoms with van der Waals surface area (Å²) in [6.45, 7) is 12.9. The minimum Gasteiger partial charge on any atom is -0.506 e. The summed E-state index contributed by atoms with van der Waals surface area (Å²) >= 11 is 6.97. The highest BCUT2D eigenvalue weighted by molar-refractivity contribution is 9.10. The van der Waals surface area contributed by atoms with Gasteiger partial charge in [0.1, 0.15) is 11.5 Å². The van der Waals surface area contributed by atoms with Crippen LogP contribution in [-0.4, -0.2) is 34.7 Å². The van der Waals surface area contributed by atoms with Gasteiger partial charge >= 0.3 is 0 Å². The van der Waals surface area contributed by atoms with Crippen LogP contribution < -0.4 is 0 Å². The fraction of sp³-hybridized carbons (Fsp3) is 0.500. The van der Waals surface area contributed by atoms with E-state index in [2.05, 4.69) is 73.4 Å². The molecule has 6 heteroatoms. The summed E-state index contributed by atoms with van der Waals surface area (Å²) < 4.78 is 1.36. The molecule has 1 fully saturated rings. The van der Waals surface area contributed by atoms with Crippen LogP contribution in [0.2, 0.25) is 0 Å². The maximum Gasteiger partial charge on any atom is 0.138 e. The third-order valence-electron chi connectivity index (χ3n) is 6.42. The van der Waals surface area contributed by atoms with Gasteiger partial charge in [-0.25, -0.2) is 0 Å². The van der Waals surface area contributed by atoms with Crippen molar-refractivity contribution in [3.8, 4) is 11.5 Å². The summed E-state index contributed by atoms with van der Waals surface area (Å²) in [7, 11) is 0. The van der Waals surface area contributed by atoms with E-state index in [1.54, 1.807) is 12.4 Å². The zero-order valence-electron chi connectivity index (χ0n) is 21.0. The van der Waals surface area contributed by atoms with Crippen LogP contribution in [0, 0.1) is 0 Å². The number of halogens is 2. The van der Waals surface area contributed by atoms with Gasteiger partial charge in [-0.2, -0.15) is 0 Å². The molecule has 0 aromatic heterocycles. The molecule has 2 aromatic carbocycles. The van der Waals surface area contributed by atoms with Gasteiger partial charge in [-0.3, -0.25) is 9.98 Å². The van der Waals surface area contributed by atoms with Crippen LogP contribution in [0.15, 0.2) is 43.2 Å². The van der Waals surface area contributed by atoms with Crippen molar-refractivity contribution in [2.24, 2.45) is 9.98 Å². The van der Waals surface area contributed by atoms with Gasteiger partial charge < -0.3 is 10.2 Å². The molecule has 0 spiro atoms. The largest absolute Gasteiger partial charge is 0.506 e. The highest BCUT2D eigenvalue weighted by Gasteiger charge is 2.24. The average Bonchev–Trinajstić information content (AvgIpc) is 2.74. The van der Waals surface area contributed by atoms with Crippen molar-refractivity contribution >= 4 is 44.3 Å². The molecule has 2 unspecified atom stereocenters. The van der Waals surface area contributed by atoms with E-state index in [9.17, 15) is 10.2 Å². The van der Waals surface area contributed by atoms with Gasteiger partial charge in [0, 0.05) is 23.6 Å². The third-order valence-corrected chi connectivity index (χ3v) is 7.63. The minimum atomic E-state index is -0.0334. The van der Waals surface area contributed by atoms with Crippen LogP contribution in [0.1, 0.15) is 89.5 Å². The first kappa shape index (κ1) is 26.9. The second-order valence-corrected chi connectivity index (χ2v) is 13.0. The maximum absolute atomic E-state index is 10.6. The van der Waals surface area contributed by atoms with Crippen molar-refractivity contribution < 1.29 is 10.2 Å². The molecule has 1 saturated carbocycles. The van der Waals surface area contributed by atoms with E-state index in [0.29, 0.717) is 20.1 Å². The first-order valence-corrected chi connectivity index (χ1v) is 13.5. The standard InChI is InChI=1S/C28H36Br2N2O2/c1-27(2,3)19-11-17(25(33)21(29)13-19)15-31-23-9-7-8-10-24(23)32-16-18-12-20(28(4,5)6)14-22(30)26(18)34/h11-16,23-24,33-34H,7-10H2,1-6H3. The number of phenolic OH excluding ortho intramolecular Hbond substituents is 2. The Balaban J connectivity index is 1.88. The smallest absolute Gasteiger partial charge is 0.138 e. The number of hydrogen-bond donors (Lipinski definition) is 2. The molecule has 0 bridgehead atoms. The molecule has 0 radical (unpaired) electrons. The molecule has 2 atom stereocenters. The molecule has 2 N–H and O–H groups in total. The fourth-order valence-corrected chi connectivity index (χ4v) is 5.05. The van der Waals surface area contributed by atoms with Crippen molar-refractivity contribution in [3.63, 3.8) is 0 Å². The molecule has 1 aliphatic carbocycles. The summed E-state index contributed by atoms with van der Waals surface area (Å²) in [6, 6.07) is 8.04. The molecule has 0 saturated heterocycles. The van der Waals surface area contributed by atoms with Crippen LogP contribution in [0.25, 0.3) is 0 Å². The zero-order chi connectivity index (χ0) is 25.3. The lowest BCUT2D eigenvalue weighted by Crippen LogP contribution is -2.27. The highest BCUT2D eigenvalue weighted by Crippen LogP contribution is 2.35. The van der Waals surface area contributed by atoms with Crippen molar-refractivity contribution in [3.05, 3.63) is 55.5 Å². The number of aromatic hydroxyl groups is 2. The Kier molecular flexibility index (Phi) is 8.34. The number of rotatable bonds is 4. The van der Waals surface area contributed by atoms with Crippen LogP contribution in [0.4, 0.5) is 0 Å². The lowest BCUT2D eigenvalue weighted by Gasteiger charge is -2.26. The normalized spacial score (nSPS) is 19.9. The van der Waals surface area contributed by atoms with Crippen LogP contribution in [0.3, 0.4) is 0 Å². The quantitative estimate of drug-likeness (QED) is 0.353. The number of nitrogens with zero attached hydrogens (tertiary/aromatic N) is 2.